The van der Waals surface area contributed by atoms with Crippen LogP contribution in [0.3, 0.4) is 0 Å². The largest absolute Gasteiger partial charge is 0.323 e. The Morgan fingerprint density at radius 2 is 2.00 bits per heavy atom. The first-order chi connectivity index (χ1) is 9.40. The molecule has 20 heavy (non-hydrogen) atoms. The maximum atomic E-state index is 12.1. The molecule has 1 atom stereocenters. The zero-order valence-electron chi connectivity index (χ0n) is 10.8. The molecule has 0 saturated heterocycles. The predicted molar refractivity (Wildman–Crippen MR) is 82.6 cm³/mol. The topological polar surface area (TPSA) is 72.2 Å². The van der Waals surface area contributed by atoms with Crippen molar-refractivity contribution in [3.8, 4) is 0 Å². The molecular weight excluding hydrogens is 316 g/mol. The summed E-state index contributed by atoms with van der Waals surface area (Å²) in [5, 5.41) is 0. The summed E-state index contributed by atoms with van der Waals surface area (Å²) < 4.78 is 27.4. The van der Waals surface area contributed by atoms with Gasteiger partial charge in [0.05, 0.1) is 4.34 Å². The van der Waals surface area contributed by atoms with Crippen molar-refractivity contribution in [3.63, 3.8) is 0 Å². The molecule has 2 aromatic rings. The lowest BCUT2D eigenvalue weighted by atomic mass is 10.1. The molecule has 0 radical (unpaired) electrons. The summed E-state index contributed by atoms with van der Waals surface area (Å²) in [6.45, 7) is 1.91. The lowest BCUT2D eigenvalue weighted by Crippen LogP contribution is -2.31. The quantitative estimate of drug-likeness (QED) is 0.885. The molecule has 1 unspecified atom stereocenters. The van der Waals surface area contributed by atoms with E-state index < -0.39 is 10.0 Å². The summed E-state index contributed by atoms with van der Waals surface area (Å²) in [5.74, 6) is 0. The van der Waals surface area contributed by atoms with Crippen molar-refractivity contribution in [1.82, 2.24) is 4.72 Å². The molecule has 0 aliphatic heterocycles. The lowest BCUT2D eigenvalue weighted by Gasteiger charge is -2.12. The highest BCUT2D eigenvalue weighted by molar-refractivity contribution is 7.91. The predicted octanol–water partition coefficient (Wildman–Crippen LogP) is 2.69. The Kier molecular flexibility index (Phi) is 4.82. The summed E-state index contributed by atoms with van der Waals surface area (Å²) in [5.41, 5.74) is 7.60. The third-order valence-corrected chi connectivity index (χ3v) is 6.27. The normalized spacial score (nSPS) is 13.3. The van der Waals surface area contributed by atoms with Gasteiger partial charge < -0.3 is 5.73 Å². The highest BCUT2D eigenvalue weighted by Crippen LogP contribution is 2.29. The number of rotatable bonds is 5. The van der Waals surface area contributed by atoms with Crippen LogP contribution in [0.5, 0.6) is 0 Å². The van der Waals surface area contributed by atoms with E-state index in [0.717, 1.165) is 22.5 Å². The van der Waals surface area contributed by atoms with E-state index in [4.69, 9.17) is 17.3 Å². The second-order valence-corrected chi connectivity index (χ2v) is 8.04. The Morgan fingerprint density at radius 3 is 2.55 bits per heavy atom. The second-order valence-electron chi connectivity index (χ2n) is 4.39. The number of hydrogen-bond acceptors (Lipinski definition) is 4. The fourth-order valence-electron chi connectivity index (χ4n) is 1.65. The van der Waals surface area contributed by atoms with Crippen LogP contribution in [0.15, 0.2) is 40.6 Å². The fraction of sp³-hybridized carbons (Fsp3) is 0.231. The first-order valence-electron chi connectivity index (χ1n) is 5.96. The Balaban J connectivity index is 2.06. The molecule has 0 bridgehead atoms. The number of nitrogens with two attached hydrogens (primary N) is 1. The van der Waals surface area contributed by atoms with Gasteiger partial charge in [0.25, 0.3) is 0 Å². The van der Waals surface area contributed by atoms with Gasteiger partial charge in [-0.2, -0.15) is 0 Å². The monoisotopic (exact) mass is 330 g/mol. The zero-order chi connectivity index (χ0) is 14.8. The van der Waals surface area contributed by atoms with Crippen molar-refractivity contribution in [2.45, 2.75) is 17.2 Å². The van der Waals surface area contributed by atoms with E-state index in [1.165, 1.54) is 0 Å². The fourth-order valence-corrected chi connectivity index (χ4v) is 4.47. The maximum Gasteiger partial charge on any atom is 0.250 e. The van der Waals surface area contributed by atoms with E-state index in [2.05, 4.69) is 4.72 Å². The summed E-state index contributed by atoms with van der Waals surface area (Å²) >= 11 is 6.94. The van der Waals surface area contributed by atoms with Gasteiger partial charge in [0.2, 0.25) is 10.0 Å². The molecule has 108 valence electrons. The number of thiophene rings is 1. The molecule has 7 heteroatoms. The average Bonchev–Trinajstić information content (AvgIpc) is 2.78. The average molecular weight is 331 g/mol. The van der Waals surface area contributed by atoms with Gasteiger partial charge in [-0.05, 0) is 24.1 Å². The van der Waals surface area contributed by atoms with Crippen LogP contribution in [0.4, 0.5) is 0 Å². The van der Waals surface area contributed by atoms with Crippen molar-refractivity contribution < 1.29 is 8.42 Å². The number of halogens is 1. The van der Waals surface area contributed by atoms with Crippen LogP contribution in [0.2, 0.25) is 4.34 Å². The van der Waals surface area contributed by atoms with E-state index in [9.17, 15) is 8.42 Å². The minimum Gasteiger partial charge on any atom is -0.323 e. The smallest absolute Gasteiger partial charge is 0.250 e. The molecule has 1 heterocycles. The van der Waals surface area contributed by atoms with Crippen molar-refractivity contribution in [2.75, 3.05) is 6.54 Å². The minimum absolute atomic E-state index is 0.140. The summed E-state index contributed by atoms with van der Waals surface area (Å²) in [7, 11) is -3.56. The molecule has 0 aliphatic carbocycles. The van der Waals surface area contributed by atoms with Crippen molar-refractivity contribution in [1.29, 1.82) is 0 Å². The van der Waals surface area contributed by atoms with Crippen molar-refractivity contribution in [2.24, 2.45) is 5.73 Å². The molecule has 0 aliphatic rings. The summed E-state index contributed by atoms with van der Waals surface area (Å²) in [6.07, 6.45) is 0. The zero-order valence-corrected chi connectivity index (χ0v) is 13.2. The lowest BCUT2D eigenvalue weighted by molar-refractivity contribution is 0.574. The molecule has 0 saturated carbocycles. The van der Waals surface area contributed by atoms with Gasteiger partial charge in [-0.15, -0.1) is 11.3 Å². The summed E-state index contributed by atoms with van der Waals surface area (Å²) in [6, 6.07) is 10.5. The van der Waals surface area contributed by atoms with E-state index in [-0.39, 0.29) is 16.8 Å². The van der Waals surface area contributed by atoms with Crippen LogP contribution in [0, 0.1) is 6.92 Å². The minimum atomic E-state index is -3.56. The molecule has 3 N–H and O–H groups in total. The highest BCUT2D eigenvalue weighted by atomic mass is 35.5. The van der Waals surface area contributed by atoms with E-state index in [1.807, 2.05) is 30.3 Å². The van der Waals surface area contributed by atoms with Crippen LogP contribution >= 0.6 is 22.9 Å². The summed E-state index contributed by atoms with van der Waals surface area (Å²) in [4.78, 5) is 0. The Hall–Kier alpha value is -0.920. The van der Waals surface area contributed by atoms with Gasteiger partial charge in [-0.1, -0.05) is 41.9 Å². The standard InChI is InChI=1S/C13H15ClN2O2S2/c1-9-7-12(19-13(9)14)20(17,18)16-8-11(15)10-5-3-2-4-6-10/h2-7,11,16H,8,15H2,1H3. The van der Waals surface area contributed by atoms with E-state index in [1.54, 1.807) is 13.0 Å². The molecule has 0 spiro atoms. The molecule has 1 aromatic carbocycles. The number of hydrogen-bond donors (Lipinski definition) is 2. The van der Waals surface area contributed by atoms with Gasteiger partial charge in [-0.25, -0.2) is 13.1 Å². The highest BCUT2D eigenvalue weighted by Gasteiger charge is 2.19. The molecule has 4 nitrogen and oxygen atoms in total. The van der Waals surface area contributed by atoms with Gasteiger partial charge in [0, 0.05) is 12.6 Å². The third kappa shape index (κ3) is 3.59. The molecular formula is C13H15ClN2O2S2. The van der Waals surface area contributed by atoms with Gasteiger partial charge >= 0.3 is 0 Å². The first kappa shape index (κ1) is 15.5. The number of sulfonamides is 1. The van der Waals surface area contributed by atoms with Crippen LogP contribution in [0.25, 0.3) is 0 Å². The van der Waals surface area contributed by atoms with E-state index in [0.29, 0.717) is 4.34 Å². The third-order valence-electron chi connectivity index (χ3n) is 2.82. The van der Waals surface area contributed by atoms with Crippen LogP contribution in [-0.2, 0) is 10.0 Å². The van der Waals surface area contributed by atoms with Gasteiger partial charge in [0.1, 0.15) is 4.21 Å². The van der Waals surface area contributed by atoms with Crippen molar-refractivity contribution >= 4 is 33.0 Å². The Labute approximate surface area is 127 Å². The van der Waals surface area contributed by atoms with E-state index >= 15 is 0 Å². The molecule has 2 rings (SSSR count). The Bertz CT molecular complexity index is 664. The molecule has 0 fully saturated rings. The van der Waals surface area contributed by atoms with Crippen molar-refractivity contribution in [3.05, 3.63) is 51.9 Å². The molecule has 0 amide bonds. The van der Waals surface area contributed by atoms with Gasteiger partial charge in [0.15, 0.2) is 0 Å². The maximum absolute atomic E-state index is 12.1. The Morgan fingerprint density at radius 1 is 1.35 bits per heavy atom. The SMILES string of the molecule is Cc1cc(S(=O)(=O)NCC(N)c2ccccc2)sc1Cl. The number of benzene rings is 1. The number of nitrogens with one attached hydrogen (secondary N) is 1. The van der Waals surface area contributed by atoms with Crippen LogP contribution in [-0.4, -0.2) is 15.0 Å². The first-order valence-corrected chi connectivity index (χ1v) is 8.64. The second kappa shape index (κ2) is 6.24. The van der Waals surface area contributed by atoms with Crippen LogP contribution in [0.1, 0.15) is 17.2 Å². The van der Waals surface area contributed by atoms with Crippen LogP contribution < -0.4 is 10.5 Å². The number of aryl methyl sites for hydroxylation is 1. The van der Waals surface area contributed by atoms with Gasteiger partial charge in [-0.3, -0.25) is 0 Å². The molecule has 1 aromatic heterocycles.